The smallest absolute Gasteiger partial charge is 0.256 e. The molecule has 7 heteroatoms. The number of ether oxygens (including phenoxy) is 1. The first kappa shape index (κ1) is 15.1. The number of morpholine rings is 1. The summed E-state index contributed by atoms with van der Waals surface area (Å²) in [7, 11) is 0. The van der Waals surface area contributed by atoms with E-state index in [9.17, 15) is 9.90 Å². The van der Waals surface area contributed by atoms with E-state index in [1.165, 1.54) is 23.1 Å². The van der Waals surface area contributed by atoms with Gasteiger partial charge in [0.15, 0.2) is 12.2 Å². The molecule has 0 bridgehead atoms. The van der Waals surface area contributed by atoms with Crippen molar-refractivity contribution in [3.8, 4) is 6.07 Å². The average Bonchev–Trinajstić information content (AvgIpc) is 2.44. The Morgan fingerprint density at radius 2 is 2.10 bits per heavy atom. The summed E-state index contributed by atoms with van der Waals surface area (Å²) in [6.45, 7) is 0.746. The summed E-state index contributed by atoms with van der Waals surface area (Å²) < 4.78 is 5.15. The van der Waals surface area contributed by atoms with E-state index in [1.807, 2.05) is 6.07 Å². The fourth-order valence-corrected chi connectivity index (χ4v) is 2.52. The standard InChI is InChI=1S/C13H12Cl2N2O3/c14-9-3-8(4-10(15)5-9)12(18)13(19)17-1-2-20-11(6-16)7-17/h3-5,11-12,18H,1-2,7H2. The van der Waals surface area contributed by atoms with Crippen molar-refractivity contribution in [3.05, 3.63) is 33.8 Å². The number of nitriles is 1. The van der Waals surface area contributed by atoms with Gasteiger partial charge in [0.2, 0.25) is 0 Å². The van der Waals surface area contributed by atoms with Gasteiger partial charge >= 0.3 is 0 Å². The van der Waals surface area contributed by atoms with Crippen molar-refractivity contribution >= 4 is 29.1 Å². The topological polar surface area (TPSA) is 73.6 Å². The Morgan fingerprint density at radius 3 is 2.70 bits per heavy atom. The lowest BCUT2D eigenvalue weighted by molar-refractivity contribution is -0.146. The van der Waals surface area contributed by atoms with Crippen LogP contribution in [0.15, 0.2) is 18.2 Å². The lowest BCUT2D eigenvalue weighted by Crippen LogP contribution is -2.46. The summed E-state index contributed by atoms with van der Waals surface area (Å²) in [6, 6.07) is 6.43. The number of benzene rings is 1. The minimum absolute atomic E-state index is 0.140. The Labute approximate surface area is 126 Å². The molecule has 0 saturated carbocycles. The maximum Gasteiger partial charge on any atom is 0.256 e. The van der Waals surface area contributed by atoms with Crippen molar-refractivity contribution in [3.63, 3.8) is 0 Å². The monoisotopic (exact) mass is 314 g/mol. The lowest BCUT2D eigenvalue weighted by atomic mass is 10.1. The molecule has 1 aromatic rings. The molecule has 1 amide bonds. The number of halogens is 2. The van der Waals surface area contributed by atoms with Gasteiger partial charge in [-0.05, 0) is 23.8 Å². The van der Waals surface area contributed by atoms with E-state index in [4.69, 9.17) is 33.2 Å². The van der Waals surface area contributed by atoms with Crippen molar-refractivity contribution in [1.82, 2.24) is 4.90 Å². The maximum atomic E-state index is 12.2. The molecule has 5 nitrogen and oxygen atoms in total. The van der Waals surface area contributed by atoms with Gasteiger partial charge in [-0.25, -0.2) is 0 Å². The molecule has 0 aliphatic carbocycles. The van der Waals surface area contributed by atoms with Gasteiger partial charge in [-0.2, -0.15) is 5.26 Å². The van der Waals surface area contributed by atoms with E-state index >= 15 is 0 Å². The molecule has 1 fully saturated rings. The Bertz CT molecular complexity index is 539. The quantitative estimate of drug-likeness (QED) is 0.903. The number of rotatable bonds is 2. The molecule has 0 spiro atoms. The van der Waals surface area contributed by atoms with Gasteiger partial charge in [-0.15, -0.1) is 0 Å². The third-order valence-corrected chi connectivity index (χ3v) is 3.39. The SMILES string of the molecule is N#CC1CN(C(=O)C(O)c2cc(Cl)cc(Cl)c2)CCO1. The van der Waals surface area contributed by atoms with Gasteiger partial charge in [0.1, 0.15) is 0 Å². The zero-order chi connectivity index (χ0) is 14.7. The molecule has 2 rings (SSSR count). The van der Waals surface area contributed by atoms with Gasteiger partial charge in [-0.1, -0.05) is 23.2 Å². The molecule has 1 aliphatic rings. The highest BCUT2D eigenvalue weighted by Gasteiger charge is 2.29. The normalized spacial score (nSPS) is 20.3. The molecular weight excluding hydrogens is 303 g/mol. The zero-order valence-corrected chi connectivity index (χ0v) is 11.9. The van der Waals surface area contributed by atoms with E-state index in [2.05, 4.69) is 0 Å². The Morgan fingerprint density at radius 1 is 1.45 bits per heavy atom. The first-order chi connectivity index (χ1) is 9.51. The third-order valence-electron chi connectivity index (χ3n) is 2.96. The summed E-state index contributed by atoms with van der Waals surface area (Å²) in [5, 5.41) is 19.6. The molecule has 106 valence electrons. The molecule has 0 aromatic heterocycles. The van der Waals surface area contributed by atoms with Crippen molar-refractivity contribution in [1.29, 1.82) is 5.26 Å². The number of hydrogen-bond acceptors (Lipinski definition) is 4. The molecule has 1 heterocycles. The van der Waals surface area contributed by atoms with Crippen LogP contribution in [0.1, 0.15) is 11.7 Å². The van der Waals surface area contributed by atoms with Gasteiger partial charge < -0.3 is 14.7 Å². The predicted molar refractivity (Wildman–Crippen MR) is 73.4 cm³/mol. The van der Waals surface area contributed by atoms with Crippen LogP contribution >= 0.6 is 23.2 Å². The number of hydrogen-bond donors (Lipinski definition) is 1. The van der Waals surface area contributed by atoms with E-state index in [0.717, 1.165) is 0 Å². The zero-order valence-electron chi connectivity index (χ0n) is 10.4. The van der Waals surface area contributed by atoms with Crippen LogP contribution < -0.4 is 0 Å². The van der Waals surface area contributed by atoms with Gasteiger partial charge in [-0.3, -0.25) is 4.79 Å². The van der Waals surface area contributed by atoms with E-state index < -0.39 is 18.1 Å². The van der Waals surface area contributed by atoms with E-state index in [1.54, 1.807) is 0 Å². The van der Waals surface area contributed by atoms with Crippen molar-refractivity contribution in [2.45, 2.75) is 12.2 Å². The molecule has 1 aliphatic heterocycles. The molecule has 20 heavy (non-hydrogen) atoms. The highest BCUT2D eigenvalue weighted by atomic mass is 35.5. The molecule has 0 radical (unpaired) electrons. The number of carbonyl (C=O) groups excluding carboxylic acids is 1. The summed E-state index contributed by atoms with van der Waals surface area (Å²) in [6.07, 6.45) is -2.02. The molecule has 2 unspecified atom stereocenters. The van der Waals surface area contributed by atoms with Crippen LogP contribution in [0.2, 0.25) is 10.0 Å². The molecule has 2 atom stereocenters. The van der Waals surface area contributed by atoms with Crippen LogP contribution in [0.5, 0.6) is 0 Å². The summed E-state index contributed by atoms with van der Waals surface area (Å²) in [5.41, 5.74) is 0.326. The lowest BCUT2D eigenvalue weighted by Gasteiger charge is -2.31. The second-order valence-corrected chi connectivity index (χ2v) is 5.25. The summed E-state index contributed by atoms with van der Waals surface area (Å²) >= 11 is 11.7. The molecule has 1 N–H and O–H groups in total. The number of aliphatic hydroxyl groups is 1. The minimum Gasteiger partial charge on any atom is -0.378 e. The molecule has 1 aromatic carbocycles. The van der Waals surface area contributed by atoms with Crippen LogP contribution in [-0.4, -0.2) is 41.7 Å². The third kappa shape index (κ3) is 3.41. The van der Waals surface area contributed by atoms with Crippen LogP contribution in [0.3, 0.4) is 0 Å². The highest BCUT2D eigenvalue weighted by Crippen LogP contribution is 2.25. The number of nitrogens with zero attached hydrogens (tertiary/aromatic N) is 2. The van der Waals surface area contributed by atoms with Crippen molar-refractivity contribution < 1.29 is 14.6 Å². The predicted octanol–water partition coefficient (Wildman–Crippen LogP) is 1.78. The second kappa shape index (κ2) is 6.42. The fourth-order valence-electron chi connectivity index (χ4n) is 1.98. The number of aliphatic hydroxyl groups excluding tert-OH is 1. The van der Waals surface area contributed by atoms with Crippen molar-refractivity contribution in [2.75, 3.05) is 19.7 Å². The molecular formula is C13H12Cl2N2O3. The summed E-state index contributed by atoms with van der Waals surface area (Å²) in [5.74, 6) is -0.494. The first-order valence-corrected chi connectivity index (χ1v) is 6.71. The fraction of sp³-hybridized carbons (Fsp3) is 0.385. The maximum absolute atomic E-state index is 12.2. The van der Waals surface area contributed by atoms with Crippen LogP contribution in [0, 0.1) is 11.3 Å². The average molecular weight is 315 g/mol. The highest BCUT2D eigenvalue weighted by molar-refractivity contribution is 6.34. The van der Waals surface area contributed by atoms with Gasteiger partial charge in [0, 0.05) is 16.6 Å². The minimum atomic E-state index is -1.36. The summed E-state index contributed by atoms with van der Waals surface area (Å²) in [4.78, 5) is 13.6. The van der Waals surface area contributed by atoms with E-state index in [0.29, 0.717) is 22.2 Å². The number of amides is 1. The Hall–Kier alpha value is -1.32. The Balaban J connectivity index is 2.14. The largest absolute Gasteiger partial charge is 0.378 e. The van der Waals surface area contributed by atoms with Crippen LogP contribution in [0.25, 0.3) is 0 Å². The van der Waals surface area contributed by atoms with Gasteiger partial charge in [0.25, 0.3) is 5.91 Å². The van der Waals surface area contributed by atoms with Crippen LogP contribution in [0.4, 0.5) is 0 Å². The second-order valence-electron chi connectivity index (χ2n) is 4.38. The van der Waals surface area contributed by atoms with Crippen molar-refractivity contribution in [2.24, 2.45) is 0 Å². The number of carbonyl (C=O) groups is 1. The Kier molecular flexibility index (Phi) is 4.84. The first-order valence-electron chi connectivity index (χ1n) is 5.95. The molecule has 1 saturated heterocycles. The van der Waals surface area contributed by atoms with E-state index in [-0.39, 0.29) is 13.2 Å². The van der Waals surface area contributed by atoms with Gasteiger partial charge in [0.05, 0.1) is 19.2 Å². The van der Waals surface area contributed by atoms with Crippen LogP contribution in [-0.2, 0) is 9.53 Å².